The summed E-state index contributed by atoms with van der Waals surface area (Å²) in [5.41, 5.74) is 6.12. The van der Waals surface area contributed by atoms with Crippen molar-refractivity contribution in [2.45, 2.75) is 57.8 Å². The Balaban J connectivity index is 1.92. The highest BCUT2D eigenvalue weighted by Crippen LogP contribution is 2.42. The van der Waals surface area contributed by atoms with Gasteiger partial charge in [0, 0.05) is 0 Å². The van der Waals surface area contributed by atoms with Gasteiger partial charge in [0.15, 0.2) is 0 Å². The van der Waals surface area contributed by atoms with Gasteiger partial charge in [0.25, 0.3) is 0 Å². The number of hydrogen-bond donors (Lipinski definition) is 0. The van der Waals surface area contributed by atoms with E-state index in [9.17, 15) is 0 Å². The third-order valence-electron chi connectivity index (χ3n) is 5.14. The second kappa shape index (κ2) is 6.05. The highest BCUT2D eigenvalue weighted by molar-refractivity contribution is 5.33. The molecule has 0 aromatic heterocycles. The molecule has 0 saturated heterocycles. The van der Waals surface area contributed by atoms with Crippen molar-refractivity contribution in [2.24, 2.45) is 0 Å². The summed E-state index contributed by atoms with van der Waals surface area (Å²) in [4.78, 5) is 0. The number of aryl methyl sites for hydroxylation is 2. The van der Waals surface area contributed by atoms with E-state index in [1.54, 1.807) is 5.56 Å². The maximum Gasteiger partial charge on any atom is -0.000665 e. The maximum atomic E-state index is 2.37. The molecule has 0 bridgehead atoms. The fourth-order valence-corrected chi connectivity index (χ4v) is 3.80. The van der Waals surface area contributed by atoms with Crippen LogP contribution in [0.4, 0.5) is 0 Å². The first-order valence-electron chi connectivity index (χ1n) is 8.31. The Bertz CT molecular complexity index is 568. The van der Waals surface area contributed by atoms with Gasteiger partial charge < -0.3 is 0 Å². The van der Waals surface area contributed by atoms with E-state index in [-0.39, 0.29) is 0 Å². The SMILES string of the molecule is Cc1ccc(CC2(c3ccc(C)cc3)CCCCC2)cc1. The highest BCUT2D eigenvalue weighted by atomic mass is 14.4. The third kappa shape index (κ3) is 3.20. The van der Waals surface area contributed by atoms with Gasteiger partial charge in [-0.05, 0) is 49.7 Å². The maximum absolute atomic E-state index is 2.37. The van der Waals surface area contributed by atoms with Crippen molar-refractivity contribution in [1.82, 2.24) is 0 Å². The molecule has 0 atom stereocenters. The normalized spacial score (nSPS) is 17.6. The highest BCUT2D eigenvalue weighted by Gasteiger charge is 2.33. The topological polar surface area (TPSA) is 0 Å². The summed E-state index contributed by atoms with van der Waals surface area (Å²) in [6, 6.07) is 18.4. The van der Waals surface area contributed by atoms with Gasteiger partial charge in [0.2, 0.25) is 0 Å². The summed E-state index contributed by atoms with van der Waals surface area (Å²) in [5, 5.41) is 0. The first kappa shape index (κ1) is 14.4. The number of rotatable bonds is 3. The van der Waals surface area contributed by atoms with Crippen LogP contribution in [0.15, 0.2) is 48.5 Å². The molecule has 0 aliphatic heterocycles. The monoisotopic (exact) mass is 278 g/mol. The Hall–Kier alpha value is -1.56. The molecule has 110 valence electrons. The van der Waals surface area contributed by atoms with Gasteiger partial charge in [-0.25, -0.2) is 0 Å². The molecular formula is C21H26. The predicted molar refractivity (Wildman–Crippen MR) is 90.8 cm³/mol. The van der Waals surface area contributed by atoms with Gasteiger partial charge in [-0.15, -0.1) is 0 Å². The van der Waals surface area contributed by atoms with Crippen LogP contribution < -0.4 is 0 Å². The lowest BCUT2D eigenvalue weighted by Gasteiger charge is -2.38. The van der Waals surface area contributed by atoms with Crippen molar-refractivity contribution in [3.63, 3.8) is 0 Å². The van der Waals surface area contributed by atoms with Crippen LogP contribution in [0.1, 0.15) is 54.4 Å². The van der Waals surface area contributed by atoms with Crippen molar-refractivity contribution < 1.29 is 0 Å². The predicted octanol–water partition coefficient (Wildman–Crippen LogP) is 5.75. The summed E-state index contributed by atoms with van der Waals surface area (Å²) in [6.07, 6.45) is 8.02. The Morgan fingerprint density at radius 3 is 1.81 bits per heavy atom. The van der Waals surface area contributed by atoms with E-state index < -0.39 is 0 Å². The average Bonchev–Trinajstić information content (AvgIpc) is 2.51. The van der Waals surface area contributed by atoms with Gasteiger partial charge in [-0.3, -0.25) is 0 Å². The van der Waals surface area contributed by atoms with Crippen LogP contribution in [-0.2, 0) is 11.8 Å². The molecule has 1 aliphatic carbocycles. The number of benzene rings is 2. The molecule has 21 heavy (non-hydrogen) atoms. The van der Waals surface area contributed by atoms with Crippen molar-refractivity contribution in [2.75, 3.05) is 0 Å². The molecular weight excluding hydrogens is 252 g/mol. The van der Waals surface area contributed by atoms with Crippen LogP contribution >= 0.6 is 0 Å². The molecule has 0 nitrogen and oxygen atoms in total. The largest absolute Gasteiger partial charge is 0.0591 e. The Morgan fingerprint density at radius 2 is 1.24 bits per heavy atom. The van der Waals surface area contributed by atoms with E-state index in [1.165, 1.54) is 55.2 Å². The molecule has 1 aliphatic rings. The van der Waals surface area contributed by atoms with Crippen LogP contribution in [0, 0.1) is 13.8 Å². The van der Waals surface area contributed by atoms with Crippen LogP contribution in [0.5, 0.6) is 0 Å². The molecule has 2 aromatic carbocycles. The quantitative estimate of drug-likeness (QED) is 0.670. The third-order valence-corrected chi connectivity index (χ3v) is 5.14. The van der Waals surface area contributed by atoms with E-state index in [2.05, 4.69) is 62.4 Å². The zero-order valence-corrected chi connectivity index (χ0v) is 13.4. The molecule has 0 heteroatoms. The zero-order valence-electron chi connectivity index (χ0n) is 13.4. The fraction of sp³-hybridized carbons (Fsp3) is 0.429. The standard InChI is InChI=1S/C21H26/c1-17-6-10-19(11-7-17)16-21(14-4-3-5-15-21)20-12-8-18(2)9-13-20/h6-13H,3-5,14-16H2,1-2H3. The lowest BCUT2D eigenvalue weighted by molar-refractivity contribution is 0.290. The molecule has 0 spiro atoms. The van der Waals surface area contributed by atoms with Crippen molar-refractivity contribution in [3.05, 3.63) is 70.8 Å². The summed E-state index contributed by atoms with van der Waals surface area (Å²) >= 11 is 0. The minimum atomic E-state index is 0.362. The zero-order chi connectivity index (χ0) is 14.7. The van der Waals surface area contributed by atoms with E-state index in [0.717, 1.165) is 0 Å². The van der Waals surface area contributed by atoms with Gasteiger partial charge in [0.05, 0.1) is 0 Å². The summed E-state index contributed by atoms with van der Waals surface area (Å²) in [7, 11) is 0. The van der Waals surface area contributed by atoms with Crippen LogP contribution in [0.25, 0.3) is 0 Å². The molecule has 0 amide bonds. The minimum absolute atomic E-state index is 0.362. The molecule has 1 saturated carbocycles. The van der Waals surface area contributed by atoms with Gasteiger partial charge in [-0.1, -0.05) is 78.9 Å². The minimum Gasteiger partial charge on any atom is -0.0591 e. The molecule has 1 fully saturated rings. The van der Waals surface area contributed by atoms with Gasteiger partial charge in [0.1, 0.15) is 0 Å². The lowest BCUT2D eigenvalue weighted by atomic mass is 9.66. The van der Waals surface area contributed by atoms with E-state index in [4.69, 9.17) is 0 Å². The summed E-state index contributed by atoms with van der Waals surface area (Å²) < 4.78 is 0. The molecule has 0 radical (unpaired) electrons. The average molecular weight is 278 g/mol. The molecule has 0 N–H and O–H groups in total. The van der Waals surface area contributed by atoms with Crippen molar-refractivity contribution in [1.29, 1.82) is 0 Å². The van der Waals surface area contributed by atoms with Crippen LogP contribution in [0.2, 0.25) is 0 Å². The Kier molecular flexibility index (Phi) is 4.14. The number of hydrogen-bond acceptors (Lipinski definition) is 0. The smallest absolute Gasteiger partial charge is 0.000665 e. The summed E-state index contributed by atoms with van der Waals surface area (Å²) in [5.74, 6) is 0. The van der Waals surface area contributed by atoms with E-state index in [0.29, 0.717) is 5.41 Å². The van der Waals surface area contributed by atoms with Gasteiger partial charge in [-0.2, -0.15) is 0 Å². The molecule has 0 heterocycles. The van der Waals surface area contributed by atoms with Crippen molar-refractivity contribution >= 4 is 0 Å². The Morgan fingerprint density at radius 1 is 0.714 bits per heavy atom. The van der Waals surface area contributed by atoms with Gasteiger partial charge >= 0.3 is 0 Å². The second-order valence-corrected chi connectivity index (χ2v) is 6.87. The van der Waals surface area contributed by atoms with E-state index >= 15 is 0 Å². The van der Waals surface area contributed by atoms with Crippen LogP contribution in [0.3, 0.4) is 0 Å². The van der Waals surface area contributed by atoms with Crippen molar-refractivity contribution in [3.8, 4) is 0 Å². The summed E-state index contributed by atoms with van der Waals surface area (Å²) in [6.45, 7) is 4.34. The first-order valence-corrected chi connectivity index (χ1v) is 8.31. The second-order valence-electron chi connectivity index (χ2n) is 6.87. The molecule has 2 aromatic rings. The lowest BCUT2D eigenvalue weighted by Crippen LogP contribution is -2.31. The van der Waals surface area contributed by atoms with E-state index in [1.807, 2.05) is 0 Å². The first-order chi connectivity index (χ1) is 10.2. The Labute approximate surface area is 129 Å². The molecule has 3 rings (SSSR count). The molecule has 0 unspecified atom stereocenters. The van der Waals surface area contributed by atoms with Crippen LogP contribution in [-0.4, -0.2) is 0 Å². The fourth-order valence-electron chi connectivity index (χ4n) is 3.80.